The molecule has 0 fully saturated rings. The van der Waals surface area contributed by atoms with E-state index in [-0.39, 0.29) is 0 Å². The highest BCUT2D eigenvalue weighted by molar-refractivity contribution is 7.18. The molecule has 86 valence electrons. The van der Waals surface area contributed by atoms with Crippen molar-refractivity contribution in [2.45, 2.75) is 6.92 Å². The van der Waals surface area contributed by atoms with Crippen LogP contribution in [0.4, 0.5) is 0 Å². The van der Waals surface area contributed by atoms with Crippen molar-refractivity contribution in [2.75, 3.05) is 0 Å². The second-order valence-electron chi connectivity index (χ2n) is 4.74. The van der Waals surface area contributed by atoms with Crippen molar-refractivity contribution in [1.82, 2.24) is 0 Å². The molecular weight excluding hydrogens is 236 g/mol. The van der Waals surface area contributed by atoms with Gasteiger partial charge in [0.2, 0.25) is 0 Å². The molecule has 18 heavy (non-hydrogen) atoms. The van der Waals surface area contributed by atoms with Crippen LogP contribution in [0.3, 0.4) is 0 Å². The molecule has 0 aliphatic carbocycles. The van der Waals surface area contributed by atoms with Gasteiger partial charge in [-0.1, -0.05) is 48.5 Å². The van der Waals surface area contributed by atoms with Crippen LogP contribution in [0.2, 0.25) is 0 Å². The van der Waals surface area contributed by atoms with E-state index in [0.29, 0.717) is 0 Å². The fourth-order valence-corrected chi connectivity index (χ4v) is 3.79. The minimum absolute atomic E-state index is 1.32. The maximum atomic E-state index is 2.26. The highest BCUT2D eigenvalue weighted by Gasteiger charge is 2.06. The van der Waals surface area contributed by atoms with Gasteiger partial charge in [-0.3, -0.25) is 0 Å². The zero-order valence-electron chi connectivity index (χ0n) is 10.1. The Bertz CT molecular complexity index is 884. The van der Waals surface area contributed by atoms with Crippen LogP contribution >= 0.6 is 11.3 Å². The van der Waals surface area contributed by atoms with Gasteiger partial charge in [-0.25, -0.2) is 0 Å². The first kappa shape index (κ1) is 10.1. The van der Waals surface area contributed by atoms with E-state index in [2.05, 4.69) is 60.8 Å². The third kappa shape index (κ3) is 1.25. The summed E-state index contributed by atoms with van der Waals surface area (Å²) in [7, 11) is 0. The fraction of sp³-hybridized carbons (Fsp3) is 0.0588. The van der Waals surface area contributed by atoms with E-state index >= 15 is 0 Å². The summed E-state index contributed by atoms with van der Waals surface area (Å²) in [5.74, 6) is 0. The summed E-state index contributed by atoms with van der Waals surface area (Å²) in [6.07, 6.45) is 0. The molecule has 0 spiro atoms. The predicted octanol–water partition coefficient (Wildman–Crippen LogP) is 5.52. The average molecular weight is 248 g/mol. The number of rotatable bonds is 0. The number of thiophene rings is 1. The molecule has 0 N–H and O–H groups in total. The molecule has 0 radical (unpaired) electrons. The fourth-order valence-electron chi connectivity index (χ4n) is 2.71. The van der Waals surface area contributed by atoms with Crippen molar-refractivity contribution in [3.8, 4) is 0 Å². The van der Waals surface area contributed by atoms with Crippen molar-refractivity contribution >= 4 is 43.0 Å². The summed E-state index contributed by atoms with van der Waals surface area (Å²) in [5.41, 5.74) is 1.38. The number of fused-ring (bicyclic) bond motifs is 5. The lowest BCUT2D eigenvalue weighted by Gasteiger charge is -2.05. The predicted molar refractivity (Wildman–Crippen MR) is 81.6 cm³/mol. The standard InChI is InChI=1S/C17H12S/c1-11-10-18-17-13(11)8-9-15-14-5-3-2-4-12(14)6-7-16(15)17/h2-10H,1H3. The molecule has 4 rings (SSSR count). The molecule has 1 aromatic heterocycles. The second kappa shape index (κ2) is 3.56. The second-order valence-corrected chi connectivity index (χ2v) is 5.62. The molecule has 0 saturated heterocycles. The zero-order valence-corrected chi connectivity index (χ0v) is 10.9. The van der Waals surface area contributed by atoms with E-state index in [0.717, 1.165) is 0 Å². The molecule has 0 atom stereocenters. The van der Waals surface area contributed by atoms with Crippen LogP contribution in [0.1, 0.15) is 5.56 Å². The Morgan fingerprint density at radius 1 is 0.722 bits per heavy atom. The van der Waals surface area contributed by atoms with Gasteiger partial charge in [0.25, 0.3) is 0 Å². The first-order valence-corrected chi connectivity index (χ1v) is 7.01. The highest BCUT2D eigenvalue weighted by Crippen LogP contribution is 2.35. The SMILES string of the molecule is Cc1csc2c1ccc1c3ccccc3ccc12. The first-order valence-electron chi connectivity index (χ1n) is 6.13. The van der Waals surface area contributed by atoms with Gasteiger partial charge in [0.05, 0.1) is 0 Å². The third-order valence-electron chi connectivity index (χ3n) is 3.66. The summed E-state index contributed by atoms with van der Waals surface area (Å²) in [6.45, 7) is 2.19. The molecule has 1 heterocycles. The van der Waals surface area contributed by atoms with Gasteiger partial charge >= 0.3 is 0 Å². The van der Waals surface area contributed by atoms with E-state index in [9.17, 15) is 0 Å². The summed E-state index contributed by atoms with van der Waals surface area (Å²) in [6, 6.07) is 17.6. The van der Waals surface area contributed by atoms with Gasteiger partial charge in [0.15, 0.2) is 0 Å². The topological polar surface area (TPSA) is 0 Å². The Morgan fingerprint density at radius 2 is 1.50 bits per heavy atom. The first-order chi connectivity index (χ1) is 8.84. The normalized spacial score (nSPS) is 11.6. The highest BCUT2D eigenvalue weighted by atomic mass is 32.1. The molecule has 0 saturated carbocycles. The van der Waals surface area contributed by atoms with Crippen molar-refractivity contribution in [3.05, 3.63) is 59.5 Å². The summed E-state index contributed by atoms with van der Waals surface area (Å²) < 4.78 is 1.41. The van der Waals surface area contributed by atoms with E-state index in [1.807, 2.05) is 11.3 Å². The number of hydrogen-bond donors (Lipinski definition) is 0. The molecule has 0 nitrogen and oxygen atoms in total. The van der Waals surface area contributed by atoms with E-state index in [1.54, 1.807) is 0 Å². The Balaban J connectivity index is 2.30. The van der Waals surface area contributed by atoms with Crippen LogP contribution in [-0.2, 0) is 0 Å². The van der Waals surface area contributed by atoms with Gasteiger partial charge in [0, 0.05) is 10.1 Å². The Morgan fingerprint density at radius 3 is 2.44 bits per heavy atom. The molecule has 0 aliphatic rings. The smallest absolute Gasteiger partial charge is 0.0424 e. The van der Waals surface area contributed by atoms with Crippen molar-refractivity contribution in [3.63, 3.8) is 0 Å². The lowest BCUT2D eigenvalue weighted by molar-refractivity contribution is 1.60. The molecule has 0 amide bonds. The lowest BCUT2D eigenvalue weighted by Crippen LogP contribution is -1.78. The maximum absolute atomic E-state index is 2.26. The lowest BCUT2D eigenvalue weighted by atomic mass is 10.0. The Labute approximate surface area is 109 Å². The molecule has 0 unspecified atom stereocenters. The number of aryl methyl sites for hydroxylation is 1. The van der Waals surface area contributed by atoms with Crippen molar-refractivity contribution < 1.29 is 0 Å². The molecule has 0 aliphatic heterocycles. The summed E-state index contributed by atoms with van der Waals surface area (Å²) in [5, 5.41) is 9.05. The van der Waals surface area contributed by atoms with Crippen LogP contribution in [0.25, 0.3) is 31.6 Å². The average Bonchev–Trinajstić information content (AvgIpc) is 2.80. The van der Waals surface area contributed by atoms with Gasteiger partial charge in [-0.15, -0.1) is 11.3 Å². The number of hydrogen-bond acceptors (Lipinski definition) is 1. The molecular formula is C17H12S. The maximum Gasteiger partial charge on any atom is 0.0424 e. The van der Waals surface area contributed by atoms with E-state index in [4.69, 9.17) is 0 Å². The van der Waals surface area contributed by atoms with Gasteiger partial charge in [0.1, 0.15) is 0 Å². The van der Waals surface area contributed by atoms with Crippen LogP contribution in [0.5, 0.6) is 0 Å². The van der Waals surface area contributed by atoms with Gasteiger partial charge in [-0.2, -0.15) is 0 Å². The number of benzene rings is 3. The van der Waals surface area contributed by atoms with Gasteiger partial charge in [-0.05, 0) is 39.4 Å². The minimum Gasteiger partial charge on any atom is -0.143 e. The Hall–Kier alpha value is -1.86. The zero-order chi connectivity index (χ0) is 12.1. The third-order valence-corrected chi connectivity index (χ3v) is 4.80. The largest absolute Gasteiger partial charge is 0.143 e. The van der Waals surface area contributed by atoms with Gasteiger partial charge < -0.3 is 0 Å². The van der Waals surface area contributed by atoms with E-state index < -0.39 is 0 Å². The summed E-state index contributed by atoms with van der Waals surface area (Å²) in [4.78, 5) is 0. The van der Waals surface area contributed by atoms with Crippen LogP contribution in [-0.4, -0.2) is 0 Å². The summed E-state index contributed by atoms with van der Waals surface area (Å²) >= 11 is 1.85. The van der Waals surface area contributed by atoms with E-state index in [1.165, 1.54) is 37.2 Å². The van der Waals surface area contributed by atoms with Crippen LogP contribution in [0, 0.1) is 6.92 Å². The monoisotopic (exact) mass is 248 g/mol. The molecule has 4 aromatic rings. The van der Waals surface area contributed by atoms with Crippen molar-refractivity contribution in [2.24, 2.45) is 0 Å². The molecule has 3 aromatic carbocycles. The van der Waals surface area contributed by atoms with Crippen molar-refractivity contribution in [1.29, 1.82) is 0 Å². The molecule has 0 bridgehead atoms. The minimum atomic E-state index is 1.32. The quantitative estimate of drug-likeness (QED) is 0.360. The van der Waals surface area contributed by atoms with Crippen LogP contribution in [0.15, 0.2) is 53.9 Å². The Kier molecular flexibility index (Phi) is 2.00. The van der Waals surface area contributed by atoms with Crippen LogP contribution < -0.4 is 0 Å². The molecule has 1 heteroatoms.